The molecule has 3 rings (SSSR count). The van der Waals surface area contributed by atoms with Crippen molar-refractivity contribution in [1.82, 2.24) is 9.78 Å². The number of nitrogens with zero attached hydrogens (tertiary/aromatic N) is 2. The molecule has 0 unspecified atom stereocenters. The Morgan fingerprint density at radius 2 is 1.91 bits per heavy atom. The Hall–Kier alpha value is -2.62. The molecule has 0 spiro atoms. The van der Waals surface area contributed by atoms with Crippen molar-refractivity contribution < 1.29 is 9.53 Å². The van der Waals surface area contributed by atoms with Gasteiger partial charge in [0.1, 0.15) is 6.61 Å². The van der Waals surface area contributed by atoms with E-state index in [2.05, 4.69) is 17.2 Å². The molecule has 0 radical (unpaired) electrons. The van der Waals surface area contributed by atoms with E-state index in [0.29, 0.717) is 19.6 Å². The van der Waals surface area contributed by atoms with Crippen LogP contribution in [-0.2, 0) is 22.7 Å². The third-order valence-electron chi connectivity index (χ3n) is 3.90. The Morgan fingerprint density at radius 1 is 1.13 bits per heavy atom. The maximum Gasteiger partial charge on any atom is 0.308 e. The Balaban J connectivity index is 1.59. The van der Waals surface area contributed by atoms with Crippen LogP contribution in [0.4, 0.5) is 0 Å². The van der Waals surface area contributed by atoms with Gasteiger partial charge in [0.15, 0.2) is 0 Å². The first kappa shape index (κ1) is 15.3. The molecule has 0 aliphatic rings. The number of carbonyl (C=O) groups excluding carboxylic acids is 1. The van der Waals surface area contributed by atoms with E-state index in [1.165, 1.54) is 0 Å². The molecule has 1 aromatic heterocycles. The first-order valence-corrected chi connectivity index (χ1v) is 7.77. The van der Waals surface area contributed by atoms with Gasteiger partial charge in [-0.1, -0.05) is 42.5 Å². The Kier molecular flexibility index (Phi) is 4.42. The van der Waals surface area contributed by atoms with E-state index >= 15 is 0 Å². The third kappa shape index (κ3) is 3.59. The molecule has 4 heteroatoms. The zero-order valence-corrected chi connectivity index (χ0v) is 13.5. The molecular formula is C19H20N2O2. The molecule has 23 heavy (non-hydrogen) atoms. The number of hydrogen-bond donors (Lipinski definition) is 0. The quantitative estimate of drug-likeness (QED) is 0.674. The zero-order valence-electron chi connectivity index (χ0n) is 13.5. The maximum absolute atomic E-state index is 12.0. The molecule has 4 nitrogen and oxygen atoms in total. The molecular weight excluding hydrogens is 288 g/mol. The fraction of sp³-hybridized carbons (Fsp3) is 0.263. The van der Waals surface area contributed by atoms with Crippen molar-refractivity contribution in [2.45, 2.75) is 33.4 Å². The van der Waals surface area contributed by atoms with Gasteiger partial charge < -0.3 is 4.74 Å². The van der Waals surface area contributed by atoms with Crippen LogP contribution in [0.15, 0.2) is 48.5 Å². The van der Waals surface area contributed by atoms with Crippen LogP contribution in [0.1, 0.15) is 23.4 Å². The molecule has 0 N–H and O–H groups in total. The number of fused-ring (bicyclic) bond motifs is 1. The lowest BCUT2D eigenvalue weighted by Gasteiger charge is -2.08. The average Bonchev–Trinajstić information content (AvgIpc) is 2.88. The van der Waals surface area contributed by atoms with E-state index in [9.17, 15) is 4.79 Å². The van der Waals surface area contributed by atoms with Crippen molar-refractivity contribution in [3.63, 3.8) is 0 Å². The lowest BCUT2D eigenvalue weighted by Crippen LogP contribution is -2.11. The maximum atomic E-state index is 12.0. The van der Waals surface area contributed by atoms with Gasteiger partial charge in [0.2, 0.25) is 0 Å². The zero-order chi connectivity index (χ0) is 16.2. The largest absolute Gasteiger partial charge is 0.461 e. The number of hydrogen-bond acceptors (Lipinski definition) is 3. The smallest absolute Gasteiger partial charge is 0.308 e. The summed E-state index contributed by atoms with van der Waals surface area (Å²) in [5, 5.41) is 6.63. The highest BCUT2D eigenvalue weighted by molar-refractivity contribution is 5.85. The highest BCUT2D eigenvalue weighted by Crippen LogP contribution is 2.19. The van der Waals surface area contributed by atoms with Crippen LogP contribution in [0.3, 0.4) is 0 Å². The first-order chi connectivity index (χ1) is 11.1. The summed E-state index contributed by atoms with van der Waals surface area (Å²) in [5.41, 5.74) is 3.05. The second-order valence-corrected chi connectivity index (χ2v) is 5.70. The topological polar surface area (TPSA) is 44.1 Å². The second kappa shape index (κ2) is 6.65. The van der Waals surface area contributed by atoms with Crippen molar-refractivity contribution in [3.8, 4) is 0 Å². The average molecular weight is 308 g/mol. The Morgan fingerprint density at radius 3 is 2.70 bits per heavy atom. The normalized spacial score (nSPS) is 10.9. The number of aryl methyl sites for hydroxylation is 3. The number of carbonyl (C=O) groups is 1. The van der Waals surface area contributed by atoms with E-state index in [1.807, 2.05) is 54.9 Å². The summed E-state index contributed by atoms with van der Waals surface area (Å²) in [4.78, 5) is 12.0. The van der Waals surface area contributed by atoms with Gasteiger partial charge in [-0.05, 0) is 36.2 Å². The lowest BCUT2D eigenvalue weighted by atomic mass is 10.1. The van der Waals surface area contributed by atoms with Crippen LogP contribution in [0.5, 0.6) is 0 Å². The summed E-state index contributed by atoms with van der Waals surface area (Å²) < 4.78 is 7.27. The first-order valence-electron chi connectivity index (χ1n) is 7.77. The van der Waals surface area contributed by atoms with Crippen LogP contribution in [0.2, 0.25) is 0 Å². The molecule has 0 atom stereocenters. The number of esters is 1. The molecule has 2 aromatic carbocycles. The highest BCUT2D eigenvalue weighted by Gasteiger charge is 2.08. The molecule has 0 bridgehead atoms. The summed E-state index contributed by atoms with van der Waals surface area (Å²) in [6.45, 7) is 4.79. The van der Waals surface area contributed by atoms with Crippen molar-refractivity contribution in [1.29, 1.82) is 0 Å². The molecule has 0 saturated carbocycles. The monoisotopic (exact) mass is 308 g/mol. The number of rotatable bonds is 5. The van der Waals surface area contributed by atoms with Crippen molar-refractivity contribution in [3.05, 3.63) is 65.5 Å². The minimum Gasteiger partial charge on any atom is -0.461 e. The molecule has 0 saturated heterocycles. The van der Waals surface area contributed by atoms with Crippen molar-refractivity contribution in [2.75, 3.05) is 0 Å². The molecule has 118 valence electrons. The summed E-state index contributed by atoms with van der Waals surface area (Å²) in [5.74, 6) is -0.203. The predicted molar refractivity (Wildman–Crippen MR) is 90.1 cm³/mol. The number of ether oxygens (including phenoxy) is 1. The summed E-state index contributed by atoms with van der Waals surface area (Å²) >= 11 is 0. The van der Waals surface area contributed by atoms with Crippen LogP contribution < -0.4 is 0 Å². The van der Waals surface area contributed by atoms with E-state index in [4.69, 9.17) is 4.74 Å². The molecule has 0 amide bonds. The van der Waals surface area contributed by atoms with Crippen molar-refractivity contribution >= 4 is 16.7 Å². The van der Waals surface area contributed by atoms with Gasteiger partial charge in [-0.15, -0.1) is 0 Å². The Labute approximate surface area is 135 Å². The van der Waals surface area contributed by atoms with E-state index < -0.39 is 0 Å². The van der Waals surface area contributed by atoms with Gasteiger partial charge in [0.25, 0.3) is 0 Å². The molecule has 3 aromatic rings. The standard InChI is InChI=1S/C19H20N2O2/c1-14-12-15(2)21(20-14)11-10-19(22)23-13-17-8-5-7-16-6-3-4-9-18(16)17/h3-9,12H,10-11,13H2,1-2H3. The predicted octanol–water partition coefficient (Wildman–Crippen LogP) is 3.79. The van der Waals surface area contributed by atoms with Gasteiger partial charge in [0.05, 0.1) is 18.7 Å². The number of aromatic nitrogens is 2. The Bertz CT molecular complexity index is 831. The summed E-state index contributed by atoms with van der Waals surface area (Å²) in [6, 6.07) is 16.2. The van der Waals surface area contributed by atoms with Gasteiger partial charge in [0, 0.05) is 5.69 Å². The van der Waals surface area contributed by atoms with E-state index in [1.54, 1.807) is 0 Å². The van der Waals surface area contributed by atoms with Crippen LogP contribution >= 0.6 is 0 Å². The molecule has 0 aliphatic carbocycles. The second-order valence-electron chi connectivity index (χ2n) is 5.70. The van der Waals surface area contributed by atoms with Gasteiger partial charge in [-0.3, -0.25) is 9.48 Å². The minimum atomic E-state index is -0.203. The SMILES string of the molecule is Cc1cc(C)n(CCC(=O)OCc2cccc3ccccc23)n1. The minimum absolute atomic E-state index is 0.203. The van der Waals surface area contributed by atoms with E-state index in [0.717, 1.165) is 27.7 Å². The van der Waals surface area contributed by atoms with Gasteiger partial charge in [-0.2, -0.15) is 5.10 Å². The molecule has 1 heterocycles. The fourth-order valence-electron chi connectivity index (χ4n) is 2.75. The summed E-state index contributed by atoms with van der Waals surface area (Å²) in [6.07, 6.45) is 0.326. The third-order valence-corrected chi connectivity index (χ3v) is 3.90. The van der Waals surface area contributed by atoms with Crippen molar-refractivity contribution in [2.24, 2.45) is 0 Å². The fourth-order valence-corrected chi connectivity index (χ4v) is 2.75. The van der Waals surface area contributed by atoms with Crippen LogP contribution in [0, 0.1) is 13.8 Å². The van der Waals surface area contributed by atoms with Crippen LogP contribution in [-0.4, -0.2) is 15.7 Å². The van der Waals surface area contributed by atoms with Crippen LogP contribution in [0.25, 0.3) is 10.8 Å². The molecule has 0 aliphatic heterocycles. The van der Waals surface area contributed by atoms with Gasteiger partial charge in [-0.25, -0.2) is 0 Å². The number of benzene rings is 2. The highest BCUT2D eigenvalue weighted by atomic mass is 16.5. The lowest BCUT2D eigenvalue weighted by molar-refractivity contribution is -0.145. The summed E-state index contributed by atoms with van der Waals surface area (Å²) in [7, 11) is 0. The van der Waals surface area contributed by atoms with Gasteiger partial charge >= 0.3 is 5.97 Å². The molecule has 0 fully saturated rings. The van der Waals surface area contributed by atoms with E-state index in [-0.39, 0.29) is 5.97 Å².